The summed E-state index contributed by atoms with van der Waals surface area (Å²) in [6.45, 7) is 5.09. The van der Waals surface area contributed by atoms with E-state index in [1.807, 2.05) is 13.8 Å². The predicted octanol–water partition coefficient (Wildman–Crippen LogP) is 4.42. The van der Waals surface area contributed by atoms with Crippen LogP contribution in [0.5, 0.6) is 0 Å². The summed E-state index contributed by atoms with van der Waals surface area (Å²) < 4.78 is 14.9. The average Bonchev–Trinajstić information content (AvgIpc) is 2.92. The Bertz CT molecular complexity index is 1080. The number of nitrogens with one attached hydrogen (secondary N) is 2. The molecule has 0 saturated carbocycles. The van der Waals surface area contributed by atoms with Crippen LogP contribution in [-0.2, 0) is 16.0 Å². The molecule has 29 heavy (non-hydrogen) atoms. The monoisotopic (exact) mass is 414 g/mol. The Morgan fingerprint density at radius 2 is 1.79 bits per heavy atom. The number of hydrogen-bond donors (Lipinski definition) is 2. The number of aryl methyl sites for hydroxylation is 1. The van der Waals surface area contributed by atoms with Crippen molar-refractivity contribution in [2.24, 2.45) is 0 Å². The van der Waals surface area contributed by atoms with Crippen molar-refractivity contribution in [3.05, 3.63) is 70.3 Å². The van der Waals surface area contributed by atoms with Gasteiger partial charge < -0.3 is 10.6 Å². The molecule has 2 amide bonds. The Morgan fingerprint density at radius 1 is 1.10 bits per heavy atom. The maximum Gasteiger partial charge on any atom is 0.228 e. The molecule has 0 aliphatic rings. The molecule has 3 rings (SSSR count). The molecule has 0 bridgehead atoms. The highest BCUT2D eigenvalue weighted by Gasteiger charge is 2.17. The van der Waals surface area contributed by atoms with Gasteiger partial charge in [0.2, 0.25) is 11.8 Å². The number of halogens is 2. The van der Waals surface area contributed by atoms with E-state index in [-0.39, 0.29) is 24.1 Å². The van der Waals surface area contributed by atoms with Crippen molar-refractivity contribution in [2.75, 3.05) is 10.6 Å². The third kappa shape index (κ3) is 4.81. The van der Waals surface area contributed by atoms with Crippen molar-refractivity contribution >= 4 is 34.8 Å². The lowest BCUT2D eigenvalue weighted by Crippen LogP contribution is -2.16. The zero-order valence-electron chi connectivity index (χ0n) is 16.2. The van der Waals surface area contributed by atoms with Crippen molar-refractivity contribution in [3.63, 3.8) is 0 Å². The molecule has 0 saturated heterocycles. The fraction of sp³-hybridized carbons (Fsp3) is 0.190. The highest BCUT2D eigenvalue weighted by molar-refractivity contribution is 6.34. The lowest BCUT2D eigenvalue weighted by Gasteiger charge is -2.10. The van der Waals surface area contributed by atoms with Crippen molar-refractivity contribution in [2.45, 2.75) is 27.2 Å². The molecule has 6 nitrogen and oxygen atoms in total. The first-order chi connectivity index (χ1) is 13.7. The SMILES string of the molecule is CC(=O)Nc1ccc(NC(=O)Cc2c(C)nn(-c3ccc(F)cc3)c2C)c(Cl)c1. The zero-order chi connectivity index (χ0) is 21.1. The van der Waals surface area contributed by atoms with Gasteiger partial charge in [-0.05, 0) is 56.3 Å². The number of aromatic nitrogens is 2. The topological polar surface area (TPSA) is 76.0 Å². The number of rotatable bonds is 5. The Labute approximate surface area is 172 Å². The van der Waals surface area contributed by atoms with Gasteiger partial charge in [0.1, 0.15) is 5.82 Å². The lowest BCUT2D eigenvalue weighted by molar-refractivity contribution is -0.116. The third-order valence-electron chi connectivity index (χ3n) is 4.41. The van der Waals surface area contributed by atoms with Crippen LogP contribution in [0.1, 0.15) is 23.9 Å². The molecule has 8 heteroatoms. The Balaban J connectivity index is 1.76. The van der Waals surface area contributed by atoms with Crippen molar-refractivity contribution in [1.82, 2.24) is 9.78 Å². The van der Waals surface area contributed by atoms with Crippen LogP contribution in [-0.4, -0.2) is 21.6 Å². The third-order valence-corrected chi connectivity index (χ3v) is 4.73. The van der Waals surface area contributed by atoms with Gasteiger partial charge in [-0.3, -0.25) is 9.59 Å². The molecule has 1 aromatic heterocycles. The van der Waals surface area contributed by atoms with E-state index >= 15 is 0 Å². The highest BCUT2D eigenvalue weighted by Crippen LogP contribution is 2.26. The second-order valence-corrected chi connectivity index (χ2v) is 7.05. The van der Waals surface area contributed by atoms with Crippen LogP contribution in [0.25, 0.3) is 5.69 Å². The average molecular weight is 415 g/mol. The van der Waals surface area contributed by atoms with Gasteiger partial charge in [0.15, 0.2) is 0 Å². The van der Waals surface area contributed by atoms with Gasteiger partial charge in [0.25, 0.3) is 0 Å². The highest BCUT2D eigenvalue weighted by atomic mass is 35.5. The molecule has 0 fully saturated rings. The van der Waals surface area contributed by atoms with E-state index < -0.39 is 0 Å². The number of anilines is 2. The summed E-state index contributed by atoms with van der Waals surface area (Å²) in [6, 6.07) is 10.9. The minimum absolute atomic E-state index is 0.114. The van der Waals surface area contributed by atoms with Gasteiger partial charge in [0.05, 0.1) is 28.5 Å². The molecular weight excluding hydrogens is 395 g/mol. The predicted molar refractivity (Wildman–Crippen MR) is 111 cm³/mol. The first-order valence-electron chi connectivity index (χ1n) is 8.92. The summed E-state index contributed by atoms with van der Waals surface area (Å²) >= 11 is 6.21. The summed E-state index contributed by atoms with van der Waals surface area (Å²) in [5, 5.41) is 10.2. The summed E-state index contributed by atoms with van der Waals surface area (Å²) in [7, 11) is 0. The van der Waals surface area contributed by atoms with Crippen LogP contribution in [0.4, 0.5) is 15.8 Å². The van der Waals surface area contributed by atoms with Gasteiger partial charge in [-0.2, -0.15) is 5.10 Å². The molecule has 1 heterocycles. The zero-order valence-corrected chi connectivity index (χ0v) is 17.0. The summed E-state index contributed by atoms with van der Waals surface area (Å²) in [4.78, 5) is 23.7. The van der Waals surface area contributed by atoms with E-state index in [2.05, 4.69) is 15.7 Å². The van der Waals surface area contributed by atoms with Crippen molar-refractivity contribution in [3.8, 4) is 5.69 Å². The standard InChI is InChI=1S/C21H20ClFN4O2/c1-12-18(13(2)27(26-12)17-7-4-15(23)5-8-17)11-21(29)25-20-9-6-16(10-19(20)22)24-14(3)28/h4-10H,11H2,1-3H3,(H,24,28)(H,25,29). The molecule has 0 unspecified atom stereocenters. The van der Waals surface area contributed by atoms with Gasteiger partial charge in [-0.1, -0.05) is 11.6 Å². The Kier molecular flexibility index (Phi) is 5.98. The van der Waals surface area contributed by atoms with Crippen LogP contribution in [0, 0.1) is 19.7 Å². The lowest BCUT2D eigenvalue weighted by atomic mass is 10.1. The maximum absolute atomic E-state index is 13.2. The van der Waals surface area contributed by atoms with Gasteiger partial charge in [-0.15, -0.1) is 0 Å². The quantitative estimate of drug-likeness (QED) is 0.648. The molecule has 2 aromatic carbocycles. The number of carbonyl (C=O) groups excluding carboxylic acids is 2. The van der Waals surface area contributed by atoms with Crippen LogP contribution >= 0.6 is 11.6 Å². The van der Waals surface area contributed by atoms with Gasteiger partial charge in [0, 0.05) is 23.9 Å². The van der Waals surface area contributed by atoms with E-state index in [1.165, 1.54) is 19.1 Å². The van der Waals surface area contributed by atoms with Crippen LogP contribution in [0.3, 0.4) is 0 Å². The largest absolute Gasteiger partial charge is 0.326 e. The molecule has 0 atom stereocenters. The van der Waals surface area contributed by atoms with Crippen molar-refractivity contribution in [1.29, 1.82) is 0 Å². The van der Waals surface area contributed by atoms with Crippen LogP contribution in [0.2, 0.25) is 5.02 Å². The number of amides is 2. The van der Waals surface area contributed by atoms with E-state index in [9.17, 15) is 14.0 Å². The first kappa shape index (κ1) is 20.5. The number of hydrogen-bond acceptors (Lipinski definition) is 3. The normalized spacial score (nSPS) is 10.7. The fourth-order valence-corrected chi connectivity index (χ4v) is 3.24. The van der Waals surface area contributed by atoms with E-state index in [0.717, 1.165) is 16.9 Å². The van der Waals surface area contributed by atoms with E-state index in [4.69, 9.17) is 11.6 Å². The maximum atomic E-state index is 13.2. The number of carbonyl (C=O) groups is 2. The molecule has 0 aliphatic heterocycles. The van der Waals surface area contributed by atoms with Crippen LogP contribution in [0.15, 0.2) is 42.5 Å². The summed E-state index contributed by atoms with van der Waals surface area (Å²) in [5.41, 5.74) is 4.03. The van der Waals surface area contributed by atoms with Crippen molar-refractivity contribution < 1.29 is 14.0 Å². The minimum atomic E-state index is -0.323. The fourth-order valence-electron chi connectivity index (χ4n) is 3.02. The first-order valence-corrected chi connectivity index (χ1v) is 9.30. The molecule has 0 aliphatic carbocycles. The number of benzene rings is 2. The summed E-state index contributed by atoms with van der Waals surface area (Å²) in [6.07, 6.45) is 0.114. The second kappa shape index (κ2) is 8.45. The number of nitrogens with zero attached hydrogens (tertiary/aromatic N) is 2. The van der Waals surface area contributed by atoms with Gasteiger partial charge in [-0.25, -0.2) is 9.07 Å². The smallest absolute Gasteiger partial charge is 0.228 e. The second-order valence-electron chi connectivity index (χ2n) is 6.64. The van der Waals surface area contributed by atoms with Crippen LogP contribution < -0.4 is 10.6 Å². The Morgan fingerprint density at radius 3 is 2.41 bits per heavy atom. The van der Waals surface area contributed by atoms with E-state index in [1.54, 1.807) is 35.0 Å². The molecule has 2 N–H and O–H groups in total. The molecule has 0 radical (unpaired) electrons. The molecule has 0 spiro atoms. The molecule has 150 valence electrons. The summed E-state index contributed by atoms with van der Waals surface area (Å²) in [5.74, 6) is -0.776. The molecular formula is C21H20ClFN4O2. The van der Waals surface area contributed by atoms with Gasteiger partial charge >= 0.3 is 0 Å². The molecule has 3 aromatic rings. The Hall–Kier alpha value is -3.19. The minimum Gasteiger partial charge on any atom is -0.326 e. The van der Waals surface area contributed by atoms with E-state index in [0.29, 0.717) is 22.1 Å².